The molecule has 0 radical (unpaired) electrons. The molecule has 1 amide bonds. The normalized spacial score (nSPS) is 14.5. The van der Waals surface area contributed by atoms with E-state index >= 15 is 0 Å². The summed E-state index contributed by atoms with van der Waals surface area (Å²) in [5.41, 5.74) is -2.50. The van der Waals surface area contributed by atoms with Gasteiger partial charge in [0.15, 0.2) is 23.1 Å². The largest absolute Gasteiger partial charge is 0.419 e. The lowest BCUT2D eigenvalue weighted by Crippen LogP contribution is -2.40. The Balaban J connectivity index is 1.30. The van der Waals surface area contributed by atoms with Crippen LogP contribution in [0.25, 0.3) is 28.0 Å². The predicted molar refractivity (Wildman–Crippen MR) is 138 cm³/mol. The second kappa shape index (κ2) is 10.4. The van der Waals surface area contributed by atoms with E-state index in [1.807, 2.05) is 0 Å². The number of benzene rings is 2. The second-order valence-electron chi connectivity index (χ2n) is 9.94. The molecule has 3 aromatic heterocycles. The van der Waals surface area contributed by atoms with Crippen LogP contribution in [0.2, 0.25) is 0 Å². The Kier molecular flexibility index (Phi) is 6.81. The molecule has 2 aromatic carbocycles. The van der Waals surface area contributed by atoms with Crippen molar-refractivity contribution in [1.82, 2.24) is 29.2 Å². The summed E-state index contributed by atoms with van der Waals surface area (Å²) in [5, 5.41) is 4.26. The van der Waals surface area contributed by atoms with Crippen LogP contribution in [0, 0.1) is 23.3 Å². The first-order valence-electron chi connectivity index (χ1n) is 12.9. The molecule has 1 saturated heterocycles. The van der Waals surface area contributed by atoms with E-state index in [0.717, 1.165) is 15.3 Å². The van der Waals surface area contributed by atoms with Crippen LogP contribution >= 0.6 is 0 Å². The summed E-state index contributed by atoms with van der Waals surface area (Å²) >= 11 is 0. The fourth-order valence-corrected chi connectivity index (χ4v) is 5.30. The lowest BCUT2D eigenvalue weighted by atomic mass is 10.0. The van der Waals surface area contributed by atoms with E-state index in [2.05, 4.69) is 15.1 Å². The summed E-state index contributed by atoms with van der Waals surface area (Å²) in [6.07, 6.45) is -1.76. The summed E-state index contributed by atoms with van der Waals surface area (Å²) in [6.45, 7) is 0.134. The molecular weight excluding hydrogens is 585 g/mol. The number of amides is 1. The molecule has 0 bridgehead atoms. The van der Waals surface area contributed by atoms with Crippen molar-refractivity contribution >= 4 is 16.9 Å². The van der Waals surface area contributed by atoms with Crippen molar-refractivity contribution < 1.29 is 35.5 Å². The molecular formula is C28H19F7N6O2. The van der Waals surface area contributed by atoms with Crippen molar-refractivity contribution in [3.63, 3.8) is 0 Å². The van der Waals surface area contributed by atoms with Crippen LogP contribution in [-0.4, -0.2) is 48.2 Å². The number of carbonyl (C=O) groups is 1. The monoisotopic (exact) mass is 604 g/mol. The van der Waals surface area contributed by atoms with E-state index in [1.54, 1.807) is 12.1 Å². The number of H-pyrrole nitrogens is 1. The predicted octanol–water partition coefficient (Wildman–Crippen LogP) is 5.63. The van der Waals surface area contributed by atoms with Crippen molar-refractivity contribution in [2.24, 2.45) is 0 Å². The van der Waals surface area contributed by atoms with Crippen LogP contribution in [0.5, 0.6) is 0 Å². The van der Waals surface area contributed by atoms with E-state index in [4.69, 9.17) is 0 Å². The Bertz CT molecular complexity index is 1920. The average molecular weight is 604 g/mol. The molecule has 4 heterocycles. The van der Waals surface area contributed by atoms with Crippen molar-refractivity contribution in [2.75, 3.05) is 13.1 Å². The number of likely N-dealkylation sites (tertiary alicyclic amines) is 1. The molecule has 1 aliphatic heterocycles. The number of aromatic nitrogens is 5. The Hall–Kier alpha value is -4.95. The van der Waals surface area contributed by atoms with Crippen LogP contribution in [0.15, 0.2) is 59.7 Å². The number of fused-ring (bicyclic) bond motifs is 1. The topological polar surface area (TPSA) is 88.8 Å². The highest BCUT2D eigenvalue weighted by Crippen LogP contribution is 2.34. The van der Waals surface area contributed by atoms with Crippen LogP contribution in [0.1, 0.15) is 34.9 Å². The first-order chi connectivity index (χ1) is 20.4. The molecule has 1 fully saturated rings. The maximum absolute atomic E-state index is 14.6. The van der Waals surface area contributed by atoms with Gasteiger partial charge < -0.3 is 9.88 Å². The third-order valence-corrected chi connectivity index (χ3v) is 7.34. The van der Waals surface area contributed by atoms with E-state index in [0.29, 0.717) is 23.8 Å². The van der Waals surface area contributed by atoms with Crippen molar-refractivity contribution in [3.05, 3.63) is 99.9 Å². The van der Waals surface area contributed by atoms with Crippen LogP contribution in [0.4, 0.5) is 30.7 Å². The Morgan fingerprint density at radius 1 is 0.953 bits per heavy atom. The van der Waals surface area contributed by atoms with Gasteiger partial charge in [-0.25, -0.2) is 27.0 Å². The van der Waals surface area contributed by atoms with E-state index in [9.17, 15) is 40.3 Å². The van der Waals surface area contributed by atoms with Gasteiger partial charge in [-0.3, -0.25) is 14.3 Å². The smallest absolute Gasteiger partial charge is 0.337 e. The third-order valence-electron chi connectivity index (χ3n) is 7.34. The average Bonchev–Trinajstić information content (AvgIpc) is 3.57. The number of alkyl halides is 3. The third kappa shape index (κ3) is 4.93. The first kappa shape index (κ1) is 28.2. The minimum atomic E-state index is -4.97. The minimum absolute atomic E-state index is 0.0672. The summed E-state index contributed by atoms with van der Waals surface area (Å²) in [5.74, 6) is -6.70. The maximum Gasteiger partial charge on any atom is 0.419 e. The van der Waals surface area contributed by atoms with Crippen molar-refractivity contribution in [3.8, 4) is 16.9 Å². The fraction of sp³-hybridized carbons (Fsp3) is 0.214. The molecule has 0 unspecified atom stereocenters. The number of pyridine rings is 1. The molecule has 5 aromatic rings. The quantitative estimate of drug-likeness (QED) is 0.213. The number of hydrogen-bond donors (Lipinski definition) is 1. The van der Waals surface area contributed by atoms with Gasteiger partial charge in [-0.2, -0.15) is 18.3 Å². The van der Waals surface area contributed by atoms with Crippen LogP contribution < -0.4 is 5.69 Å². The van der Waals surface area contributed by atoms with Crippen molar-refractivity contribution in [1.29, 1.82) is 0 Å². The second-order valence-corrected chi connectivity index (χ2v) is 9.94. The van der Waals surface area contributed by atoms with Gasteiger partial charge in [0, 0.05) is 43.2 Å². The zero-order valence-corrected chi connectivity index (χ0v) is 21.8. The molecule has 0 spiro atoms. The number of nitrogens with one attached hydrogen (secondary N) is 1. The zero-order valence-electron chi connectivity index (χ0n) is 21.8. The van der Waals surface area contributed by atoms with Gasteiger partial charge in [-0.15, -0.1) is 0 Å². The Labute approximate surface area is 237 Å². The highest BCUT2D eigenvalue weighted by molar-refractivity contribution is 5.93. The van der Waals surface area contributed by atoms with Gasteiger partial charge in [0.25, 0.3) is 5.91 Å². The molecule has 15 heteroatoms. The number of imidazole rings is 1. The van der Waals surface area contributed by atoms with Crippen LogP contribution in [-0.2, 0) is 6.18 Å². The SMILES string of the molecule is O=C(c1cc(-c2cccnc2)n(-c2ccc(F)c(C(F)(F)F)c2)n1)N1CCC(n2c(=O)[nH]c3cc(F)c(F)c(F)c32)CC1. The number of piperidine rings is 1. The molecule has 222 valence electrons. The lowest BCUT2D eigenvalue weighted by Gasteiger charge is -2.32. The summed E-state index contributed by atoms with van der Waals surface area (Å²) < 4.78 is 98.6. The zero-order chi connectivity index (χ0) is 30.6. The van der Waals surface area contributed by atoms with E-state index in [-0.39, 0.29) is 48.5 Å². The number of hydrogen-bond acceptors (Lipinski definition) is 4. The van der Waals surface area contributed by atoms with Gasteiger partial charge >= 0.3 is 11.9 Å². The number of nitrogens with zero attached hydrogens (tertiary/aromatic N) is 5. The van der Waals surface area contributed by atoms with Crippen LogP contribution in [0.3, 0.4) is 0 Å². The number of aromatic amines is 1. The van der Waals surface area contributed by atoms with Crippen molar-refractivity contribution in [2.45, 2.75) is 25.1 Å². The van der Waals surface area contributed by atoms with Gasteiger partial charge in [0.05, 0.1) is 22.5 Å². The molecule has 1 N–H and O–H groups in total. The molecule has 43 heavy (non-hydrogen) atoms. The Morgan fingerprint density at radius 2 is 1.70 bits per heavy atom. The minimum Gasteiger partial charge on any atom is -0.337 e. The number of rotatable bonds is 4. The highest BCUT2D eigenvalue weighted by atomic mass is 19.4. The van der Waals surface area contributed by atoms with Gasteiger partial charge in [0.1, 0.15) is 11.3 Å². The molecule has 8 nitrogen and oxygen atoms in total. The van der Waals surface area contributed by atoms with Gasteiger partial charge in [-0.1, -0.05) is 0 Å². The number of halogens is 7. The first-order valence-corrected chi connectivity index (χ1v) is 12.9. The lowest BCUT2D eigenvalue weighted by molar-refractivity contribution is -0.140. The number of carbonyl (C=O) groups excluding carboxylic acids is 1. The molecule has 0 atom stereocenters. The van der Waals surface area contributed by atoms with E-state index < -0.39 is 58.2 Å². The van der Waals surface area contributed by atoms with E-state index in [1.165, 1.54) is 23.4 Å². The van der Waals surface area contributed by atoms with Gasteiger partial charge in [-0.05, 0) is 49.2 Å². The standard InChI is InChI=1S/C28H19F7N6O2/c29-18-4-3-16(10-17(18)28(33,34)35)41-22(14-2-1-7-36-13-14)12-21(38-41)26(42)39-8-5-15(6-9-39)40-25-20(37-27(40)43)11-19(30)23(31)24(25)32/h1-4,7,10-13,15H,5-6,8-9H2,(H,37,43). The summed E-state index contributed by atoms with van der Waals surface area (Å²) in [7, 11) is 0. The maximum atomic E-state index is 14.6. The molecule has 6 rings (SSSR count). The molecule has 1 aliphatic rings. The highest BCUT2D eigenvalue weighted by Gasteiger charge is 2.35. The fourth-order valence-electron chi connectivity index (χ4n) is 5.30. The molecule has 0 aliphatic carbocycles. The Morgan fingerprint density at radius 3 is 2.37 bits per heavy atom. The summed E-state index contributed by atoms with van der Waals surface area (Å²) in [4.78, 5) is 33.8. The summed E-state index contributed by atoms with van der Waals surface area (Å²) in [6, 6.07) is 6.97. The van der Waals surface area contributed by atoms with Gasteiger partial charge in [0.2, 0.25) is 0 Å². The molecule has 0 saturated carbocycles.